The van der Waals surface area contributed by atoms with Crippen molar-refractivity contribution in [3.8, 4) is 0 Å². The summed E-state index contributed by atoms with van der Waals surface area (Å²) >= 11 is 0. The molecule has 15 heavy (non-hydrogen) atoms. The number of nitrogens with two attached hydrogens (primary N) is 1. The van der Waals surface area contributed by atoms with Crippen molar-refractivity contribution in [1.29, 1.82) is 0 Å². The van der Waals surface area contributed by atoms with Crippen LogP contribution in [0.3, 0.4) is 0 Å². The normalized spacial score (nSPS) is 6.87. The van der Waals surface area contributed by atoms with Gasteiger partial charge in [0.25, 0.3) is 0 Å². The van der Waals surface area contributed by atoms with Gasteiger partial charge in [-0.1, -0.05) is 12.7 Å². The van der Waals surface area contributed by atoms with Gasteiger partial charge in [0.1, 0.15) is 11.6 Å². The lowest BCUT2D eigenvalue weighted by Gasteiger charge is -1.75. The fourth-order valence-electron chi connectivity index (χ4n) is 0.203. The molecule has 1 amide bonds. The quantitative estimate of drug-likeness (QED) is 0.568. The number of primary amides is 1. The highest BCUT2D eigenvalue weighted by atomic mass is 16.1. The largest absolute Gasteiger partial charge is 0.366 e. The zero-order valence-electron chi connectivity index (χ0n) is 9.58. The van der Waals surface area contributed by atoms with E-state index in [1.54, 1.807) is 13.0 Å². The minimum Gasteiger partial charge on any atom is -0.366 e. The van der Waals surface area contributed by atoms with Gasteiger partial charge in [0.05, 0.1) is 0 Å². The maximum atomic E-state index is 9.97. The number of Topliss-reactive ketones (excluding diaryl/α,β-unsaturated/α-hetero) is 2. The molecule has 0 radical (unpaired) electrons. The number of ketones is 2. The Morgan fingerprint density at radius 3 is 1.40 bits per heavy atom. The van der Waals surface area contributed by atoms with Crippen molar-refractivity contribution in [2.24, 2.45) is 5.73 Å². The van der Waals surface area contributed by atoms with Crippen LogP contribution in [-0.2, 0) is 14.4 Å². The van der Waals surface area contributed by atoms with Crippen LogP contribution < -0.4 is 5.73 Å². The number of rotatable bonds is 3. The monoisotopic (exact) mass is 213 g/mol. The van der Waals surface area contributed by atoms with Crippen LogP contribution in [0.15, 0.2) is 25.3 Å². The van der Waals surface area contributed by atoms with Gasteiger partial charge in [-0.2, -0.15) is 0 Å². The van der Waals surface area contributed by atoms with E-state index in [4.69, 9.17) is 0 Å². The molecular formula is C11H19NO3. The summed E-state index contributed by atoms with van der Waals surface area (Å²) in [5.74, 6) is -0.144. The Hall–Kier alpha value is -1.71. The second-order valence-corrected chi connectivity index (χ2v) is 2.71. The number of hydrogen-bond donors (Lipinski definition) is 1. The first-order valence-corrected chi connectivity index (χ1v) is 4.27. The van der Waals surface area contributed by atoms with E-state index in [0.29, 0.717) is 6.42 Å². The highest BCUT2D eigenvalue weighted by Gasteiger charge is 1.80. The third-order valence-electron chi connectivity index (χ3n) is 0.633. The molecule has 0 aliphatic rings. The summed E-state index contributed by atoms with van der Waals surface area (Å²) in [4.78, 5) is 28.9. The lowest BCUT2D eigenvalue weighted by Crippen LogP contribution is -2.04. The molecule has 0 bridgehead atoms. The van der Waals surface area contributed by atoms with Crippen molar-refractivity contribution in [2.45, 2.75) is 27.2 Å². The number of allylic oxidation sites excluding steroid dienone is 1. The molecule has 4 heteroatoms. The van der Waals surface area contributed by atoms with E-state index < -0.39 is 5.91 Å². The maximum absolute atomic E-state index is 9.97. The maximum Gasteiger partial charge on any atom is 0.240 e. The van der Waals surface area contributed by atoms with Crippen molar-refractivity contribution in [2.75, 3.05) is 0 Å². The SMILES string of the molecule is C=CC(N)=O.C=CCC(C)=O.CC(C)=O. The number of carbonyl (C=O) groups is 3. The van der Waals surface area contributed by atoms with E-state index in [2.05, 4.69) is 18.9 Å². The molecule has 0 heterocycles. The van der Waals surface area contributed by atoms with Gasteiger partial charge in [-0.25, -0.2) is 0 Å². The minimum absolute atomic E-state index is 0.167. The molecule has 0 aliphatic heterocycles. The molecule has 2 N–H and O–H groups in total. The minimum atomic E-state index is -0.481. The average Bonchev–Trinajstić information content (AvgIpc) is 2.03. The first-order chi connectivity index (χ1) is 6.77. The summed E-state index contributed by atoms with van der Waals surface area (Å²) in [5, 5.41) is 0. The van der Waals surface area contributed by atoms with Crippen molar-refractivity contribution in [1.82, 2.24) is 0 Å². The topological polar surface area (TPSA) is 77.2 Å². The molecule has 0 saturated carbocycles. The van der Waals surface area contributed by atoms with Gasteiger partial charge in [-0.15, -0.1) is 6.58 Å². The summed E-state index contributed by atoms with van der Waals surface area (Å²) < 4.78 is 0. The van der Waals surface area contributed by atoms with Crippen LogP contribution in [0.4, 0.5) is 0 Å². The number of hydrogen-bond acceptors (Lipinski definition) is 3. The molecule has 0 aromatic heterocycles. The molecule has 0 spiro atoms. The average molecular weight is 213 g/mol. The fourth-order valence-corrected chi connectivity index (χ4v) is 0.203. The first kappa shape index (κ1) is 19.0. The van der Waals surface area contributed by atoms with Crippen LogP contribution in [0.2, 0.25) is 0 Å². The molecule has 0 rings (SSSR count). The van der Waals surface area contributed by atoms with Gasteiger partial charge in [0.15, 0.2) is 0 Å². The van der Waals surface area contributed by atoms with Crippen LogP contribution in [0.25, 0.3) is 0 Å². The third-order valence-corrected chi connectivity index (χ3v) is 0.633. The van der Waals surface area contributed by atoms with Crippen LogP contribution in [0, 0.1) is 0 Å². The molecule has 0 aromatic rings. The Balaban J connectivity index is -0.000000147. The lowest BCUT2D eigenvalue weighted by atomic mass is 10.3. The van der Waals surface area contributed by atoms with E-state index in [1.807, 2.05) is 0 Å². The summed E-state index contributed by atoms with van der Waals surface area (Å²) in [6.07, 6.45) is 3.16. The molecule has 0 aromatic carbocycles. The second kappa shape index (κ2) is 14.8. The molecule has 0 atom stereocenters. The molecule has 0 fully saturated rings. The van der Waals surface area contributed by atoms with Crippen LogP contribution >= 0.6 is 0 Å². The predicted octanol–water partition coefficient (Wildman–Crippen LogP) is 1.40. The van der Waals surface area contributed by atoms with Gasteiger partial charge >= 0.3 is 0 Å². The Labute approximate surface area is 90.8 Å². The summed E-state index contributed by atoms with van der Waals surface area (Å²) in [6.45, 7) is 11.1. The smallest absolute Gasteiger partial charge is 0.240 e. The van der Waals surface area contributed by atoms with E-state index in [0.717, 1.165) is 6.08 Å². The lowest BCUT2D eigenvalue weighted by molar-refractivity contribution is -0.116. The van der Waals surface area contributed by atoms with Crippen molar-refractivity contribution in [3.05, 3.63) is 25.3 Å². The predicted molar refractivity (Wildman–Crippen MR) is 61.2 cm³/mol. The zero-order valence-corrected chi connectivity index (χ0v) is 9.58. The Morgan fingerprint density at radius 1 is 1.13 bits per heavy atom. The Bertz CT molecular complexity index is 228. The first-order valence-electron chi connectivity index (χ1n) is 4.27. The molecular weight excluding hydrogens is 194 g/mol. The van der Waals surface area contributed by atoms with E-state index in [9.17, 15) is 14.4 Å². The van der Waals surface area contributed by atoms with Gasteiger partial charge < -0.3 is 10.5 Å². The van der Waals surface area contributed by atoms with E-state index in [1.165, 1.54) is 13.8 Å². The van der Waals surface area contributed by atoms with Crippen molar-refractivity contribution < 1.29 is 14.4 Å². The molecule has 4 nitrogen and oxygen atoms in total. The fraction of sp³-hybridized carbons (Fsp3) is 0.364. The van der Waals surface area contributed by atoms with E-state index in [-0.39, 0.29) is 11.6 Å². The van der Waals surface area contributed by atoms with Crippen molar-refractivity contribution in [3.63, 3.8) is 0 Å². The summed E-state index contributed by atoms with van der Waals surface area (Å²) in [7, 11) is 0. The summed E-state index contributed by atoms with van der Waals surface area (Å²) in [5.41, 5.74) is 4.53. The highest BCUT2D eigenvalue weighted by molar-refractivity contribution is 5.84. The highest BCUT2D eigenvalue weighted by Crippen LogP contribution is 1.77. The Morgan fingerprint density at radius 2 is 1.40 bits per heavy atom. The van der Waals surface area contributed by atoms with Crippen LogP contribution in [0.1, 0.15) is 27.2 Å². The molecule has 0 unspecified atom stereocenters. The van der Waals surface area contributed by atoms with Crippen molar-refractivity contribution >= 4 is 17.5 Å². The molecule has 0 aliphatic carbocycles. The van der Waals surface area contributed by atoms with Gasteiger partial charge in [-0.05, 0) is 26.8 Å². The Kier molecular flexibility index (Phi) is 18.7. The summed E-state index contributed by atoms with van der Waals surface area (Å²) in [6, 6.07) is 0. The van der Waals surface area contributed by atoms with E-state index >= 15 is 0 Å². The molecule has 86 valence electrons. The number of carbonyl (C=O) groups excluding carboxylic acids is 3. The van der Waals surface area contributed by atoms with Gasteiger partial charge in [0, 0.05) is 6.42 Å². The van der Waals surface area contributed by atoms with Crippen LogP contribution in [0.5, 0.6) is 0 Å². The molecule has 0 saturated heterocycles. The number of amides is 1. The second-order valence-electron chi connectivity index (χ2n) is 2.71. The van der Waals surface area contributed by atoms with Gasteiger partial charge in [0.2, 0.25) is 5.91 Å². The zero-order chi connectivity index (χ0) is 12.9. The third kappa shape index (κ3) is 120. The van der Waals surface area contributed by atoms with Gasteiger partial charge in [-0.3, -0.25) is 9.59 Å². The standard InChI is InChI=1S/C5H8O.C3H5NO.C3H6O/c1-3-4-5(2)6;1-2-3(4)5;1-3(2)4/h3H,1,4H2,2H3;2H,1H2,(H2,4,5);1-2H3. The van der Waals surface area contributed by atoms with Crippen LogP contribution in [-0.4, -0.2) is 17.5 Å².